The van der Waals surface area contributed by atoms with Crippen LogP contribution in [0.5, 0.6) is 5.75 Å². The van der Waals surface area contributed by atoms with Crippen LogP contribution in [0.25, 0.3) is 11.0 Å². The third-order valence-electron chi connectivity index (χ3n) is 8.81. The van der Waals surface area contributed by atoms with Gasteiger partial charge in [0.15, 0.2) is 5.82 Å². The van der Waals surface area contributed by atoms with E-state index in [0.29, 0.717) is 30.2 Å². The molecule has 0 spiro atoms. The lowest BCUT2D eigenvalue weighted by Crippen LogP contribution is -2.66. The predicted octanol–water partition coefficient (Wildman–Crippen LogP) is 5.81. The molecule has 0 unspecified atom stereocenters. The summed E-state index contributed by atoms with van der Waals surface area (Å²) in [6, 6.07) is 27.3. The average molecular weight is 653 g/mol. The van der Waals surface area contributed by atoms with Gasteiger partial charge in [-0.3, -0.25) is 4.68 Å². The number of aryl methyl sites for hydroxylation is 1. The van der Waals surface area contributed by atoms with Crippen LogP contribution in [-0.2, 0) is 17.6 Å². The summed E-state index contributed by atoms with van der Waals surface area (Å²) in [5, 5.41) is 20.6. The second-order valence-electron chi connectivity index (χ2n) is 13.1. The Morgan fingerprint density at radius 3 is 2.19 bits per heavy atom. The lowest BCUT2D eigenvalue weighted by Gasteiger charge is -2.43. The van der Waals surface area contributed by atoms with Crippen molar-refractivity contribution in [1.82, 2.24) is 19.7 Å². The zero-order chi connectivity index (χ0) is 33.6. The minimum atomic E-state index is -2.66. The lowest BCUT2D eigenvalue weighted by atomic mass is 10.1. The molecule has 4 N–H and O–H groups in total. The number of rotatable bonds is 14. The molecule has 0 radical (unpaired) electrons. The van der Waals surface area contributed by atoms with Crippen molar-refractivity contribution in [2.24, 2.45) is 0 Å². The Labute approximate surface area is 279 Å². The zero-order valence-electron chi connectivity index (χ0n) is 28.5. The first-order chi connectivity index (χ1) is 22.6. The van der Waals surface area contributed by atoms with Crippen LogP contribution in [0, 0.1) is 6.92 Å². The summed E-state index contributed by atoms with van der Waals surface area (Å²) in [5.41, 5.74) is 10.2. The molecule has 1 atom stereocenters. The van der Waals surface area contributed by atoms with Crippen LogP contribution in [0.2, 0.25) is 5.04 Å². The van der Waals surface area contributed by atoms with Gasteiger partial charge in [-0.2, -0.15) is 10.1 Å². The Hall–Kier alpha value is -4.25. The molecular weight excluding hydrogens is 605 g/mol. The van der Waals surface area contributed by atoms with E-state index >= 15 is 0 Å². The van der Waals surface area contributed by atoms with Crippen LogP contribution in [0.15, 0.2) is 78.9 Å². The number of nitrogen functional groups attached to an aromatic ring is 1. The smallest absolute Gasteiger partial charge is 0.261 e. The van der Waals surface area contributed by atoms with E-state index in [1.807, 2.05) is 29.8 Å². The number of aliphatic hydroxyl groups excluding tert-OH is 1. The quantitative estimate of drug-likeness (QED) is 0.129. The van der Waals surface area contributed by atoms with Gasteiger partial charge in [0.1, 0.15) is 16.8 Å². The van der Waals surface area contributed by atoms with Crippen molar-refractivity contribution in [1.29, 1.82) is 0 Å². The number of nitrogens with one attached hydrogen (secondary N) is 1. The highest BCUT2D eigenvalue weighted by Crippen LogP contribution is 2.37. The standard InChI is InChI=1S/C37H48N6O3Si/c1-7-14-29(21-22-46-47(37(3,4)5,30-15-10-8-11-16-30)31-17-12-9-13-18-31)39-35-34-33(40-36(38)41-35)26(2)42-43(34)24-28-20-19-27(25-44)23-32(28)45-6/h8-13,15-20,23,29,44H,7,14,21-22,24-25H2,1-6H3,(H3,38,39,40,41)/t29-/m0/s1. The summed E-state index contributed by atoms with van der Waals surface area (Å²) in [6.07, 6.45) is 2.71. The fourth-order valence-electron chi connectivity index (χ4n) is 6.59. The number of benzene rings is 3. The van der Waals surface area contributed by atoms with Crippen LogP contribution in [-0.4, -0.2) is 52.9 Å². The number of ether oxygens (including phenoxy) is 1. The highest BCUT2D eigenvalue weighted by molar-refractivity contribution is 6.99. The first kappa shape index (κ1) is 34.1. The fourth-order valence-corrected chi connectivity index (χ4v) is 11.2. The van der Waals surface area contributed by atoms with Gasteiger partial charge in [-0.15, -0.1) is 0 Å². The van der Waals surface area contributed by atoms with Crippen LogP contribution < -0.4 is 26.2 Å². The van der Waals surface area contributed by atoms with E-state index in [2.05, 4.69) is 98.7 Å². The van der Waals surface area contributed by atoms with Crippen LogP contribution >= 0.6 is 0 Å². The maximum absolute atomic E-state index is 9.62. The van der Waals surface area contributed by atoms with E-state index < -0.39 is 8.32 Å². The molecule has 0 amide bonds. The van der Waals surface area contributed by atoms with Crippen LogP contribution in [0.4, 0.5) is 11.8 Å². The van der Waals surface area contributed by atoms with Crippen LogP contribution in [0.1, 0.15) is 63.8 Å². The molecule has 47 heavy (non-hydrogen) atoms. The number of aliphatic hydroxyl groups is 1. The number of hydrogen-bond donors (Lipinski definition) is 3. The van der Waals surface area contributed by atoms with Crippen molar-refractivity contribution in [3.05, 3.63) is 95.7 Å². The minimum Gasteiger partial charge on any atom is -0.496 e. The number of hydrogen-bond acceptors (Lipinski definition) is 8. The van der Waals surface area contributed by atoms with E-state index in [1.165, 1.54) is 10.4 Å². The molecule has 0 saturated heterocycles. The summed E-state index contributed by atoms with van der Waals surface area (Å²) in [6.45, 7) is 12.0. The summed E-state index contributed by atoms with van der Waals surface area (Å²) in [7, 11) is -1.03. The largest absolute Gasteiger partial charge is 0.496 e. The average Bonchev–Trinajstić information content (AvgIpc) is 3.37. The number of methoxy groups -OCH3 is 1. The van der Waals surface area contributed by atoms with Crippen molar-refractivity contribution >= 4 is 41.5 Å². The van der Waals surface area contributed by atoms with E-state index in [4.69, 9.17) is 25.0 Å². The number of nitrogens with zero attached hydrogens (tertiary/aromatic N) is 4. The molecule has 2 heterocycles. The minimum absolute atomic E-state index is 0.0553. The molecule has 5 aromatic rings. The highest BCUT2D eigenvalue weighted by Gasteiger charge is 2.50. The van der Waals surface area contributed by atoms with Gasteiger partial charge >= 0.3 is 0 Å². The Morgan fingerprint density at radius 1 is 0.957 bits per heavy atom. The molecule has 10 heteroatoms. The van der Waals surface area contributed by atoms with Crippen molar-refractivity contribution in [3.8, 4) is 5.75 Å². The molecule has 9 nitrogen and oxygen atoms in total. The molecule has 0 aliphatic carbocycles. The van der Waals surface area contributed by atoms with Crippen molar-refractivity contribution in [2.75, 3.05) is 24.8 Å². The molecular formula is C37H48N6O3Si. The van der Waals surface area contributed by atoms with Gasteiger partial charge in [-0.25, -0.2) is 4.98 Å². The van der Waals surface area contributed by atoms with Crippen molar-refractivity contribution < 1.29 is 14.3 Å². The molecule has 5 rings (SSSR count). The Kier molecular flexibility index (Phi) is 10.6. The summed E-state index contributed by atoms with van der Waals surface area (Å²) >= 11 is 0. The normalized spacial score (nSPS) is 12.7. The molecule has 0 saturated carbocycles. The van der Waals surface area contributed by atoms with Gasteiger partial charge < -0.3 is 25.3 Å². The Bertz CT molecular complexity index is 1730. The van der Waals surface area contributed by atoms with E-state index in [0.717, 1.165) is 41.6 Å². The Balaban J connectivity index is 1.46. The maximum Gasteiger partial charge on any atom is 0.261 e. The van der Waals surface area contributed by atoms with Gasteiger partial charge in [0.25, 0.3) is 8.32 Å². The van der Waals surface area contributed by atoms with Gasteiger partial charge in [0.05, 0.1) is 26.0 Å². The monoisotopic (exact) mass is 652 g/mol. The highest BCUT2D eigenvalue weighted by atomic mass is 28.4. The SMILES string of the molecule is CCC[C@@H](CCO[Si](c1ccccc1)(c1ccccc1)C(C)(C)C)Nc1nc(N)nc2c(C)nn(Cc3ccc(CO)cc3OC)c12. The maximum atomic E-state index is 9.62. The number of anilines is 2. The van der Waals surface area contributed by atoms with Crippen molar-refractivity contribution in [3.63, 3.8) is 0 Å². The number of aromatic nitrogens is 4. The van der Waals surface area contributed by atoms with E-state index in [9.17, 15) is 5.11 Å². The van der Waals surface area contributed by atoms with Gasteiger partial charge in [-0.05, 0) is 46.8 Å². The summed E-state index contributed by atoms with van der Waals surface area (Å²) < 4.78 is 14.8. The lowest BCUT2D eigenvalue weighted by molar-refractivity contribution is 0.281. The summed E-state index contributed by atoms with van der Waals surface area (Å²) in [5.74, 6) is 1.54. The molecule has 3 aromatic carbocycles. The zero-order valence-corrected chi connectivity index (χ0v) is 29.5. The third kappa shape index (κ3) is 7.19. The first-order valence-corrected chi connectivity index (χ1v) is 18.3. The second-order valence-corrected chi connectivity index (χ2v) is 17.4. The molecule has 2 aromatic heterocycles. The second kappa shape index (κ2) is 14.7. The van der Waals surface area contributed by atoms with Gasteiger partial charge in [0.2, 0.25) is 5.95 Å². The topological polar surface area (TPSA) is 120 Å². The fraction of sp³-hybridized carbons (Fsp3) is 0.378. The van der Waals surface area contributed by atoms with E-state index in [1.54, 1.807) is 7.11 Å². The molecule has 248 valence electrons. The molecule has 0 aliphatic rings. The van der Waals surface area contributed by atoms with Crippen LogP contribution in [0.3, 0.4) is 0 Å². The summed E-state index contributed by atoms with van der Waals surface area (Å²) in [4.78, 5) is 9.27. The van der Waals surface area contributed by atoms with Gasteiger partial charge in [0, 0.05) is 18.2 Å². The van der Waals surface area contributed by atoms with Gasteiger partial charge in [-0.1, -0.05) is 107 Å². The number of fused-ring (bicyclic) bond motifs is 1. The first-order valence-electron chi connectivity index (χ1n) is 16.4. The van der Waals surface area contributed by atoms with E-state index in [-0.39, 0.29) is 23.6 Å². The molecule has 0 aliphatic heterocycles. The third-order valence-corrected chi connectivity index (χ3v) is 13.8. The Morgan fingerprint density at radius 2 is 1.62 bits per heavy atom. The number of nitrogens with two attached hydrogens (primary N) is 1. The van der Waals surface area contributed by atoms with Crippen molar-refractivity contribution in [2.45, 2.75) is 78.1 Å². The molecule has 0 fully saturated rings. The predicted molar refractivity (Wildman–Crippen MR) is 193 cm³/mol. The molecule has 0 bridgehead atoms.